The number of carbonyl (C=O) groups is 1. The Morgan fingerprint density at radius 2 is 2.14 bits per heavy atom. The zero-order valence-corrected chi connectivity index (χ0v) is 12.4. The summed E-state index contributed by atoms with van der Waals surface area (Å²) in [6.45, 7) is 3.73. The molecule has 3 nitrogen and oxygen atoms in total. The van der Waals surface area contributed by atoms with Crippen molar-refractivity contribution in [3.05, 3.63) is 29.3 Å². The molecule has 1 aliphatic carbocycles. The molecule has 0 heterocycles. The average Bonchev–Trinajstić information content (AvgIpc) is 2.48. The first-order chi connectivity index (χ1) is 10.0. The lowest BCUT2D eigenvalue weighted by Crippen LogP contribution is -2.32. The molecule has 0 saturated heterocycles. The monoisotopic (exact) mass is 297 g/mol. The molecule has 2 unspecified atom stereocenters. The van der Waals surface area contributed by atoms with Crippen LogP contribution in [-0.4, -0.2) is 18.6 Å². The molecule has 116 valence electrons. The molecular formula is C16H21F2NO2. The van der Waals surface area contributed by atoms with Crippen LogP contribution in [0.3, 0.4) is 0 Å². The second-order valence-corrected chi connectivity index (χ2v) is 5.51. The van der Waals surface area contributed by atoms with Gasteiger partial charge in [-0.25, -0.2) is 8.78 Å². The summed E-state index contributed by atoms with van der Waals surface area (Å²) < 4.78 is 32.8. The lowest BCUT2D eigenvalue weighted by Gasteiger charge is -2.29. The second-order valence-electron chi connectivity index (χ2n) is 5.51. The van der Waals surface area contributed by atoms with E-state index in [0.29, 0.717) is 18.6 Å². The summed E-state index contributed by atoms with van der Waals surface area (Å²) in [5, 5.41) is 2.93. The first-order valence-electron chi connectivity index (χ1n) is 7.40. The summed E-state index contributed by atoms with van der Waals surface area (Å²) in [7, 11) is 0. The van der Waals surface area contributed by atoms with Gasteiger partial charge in [0, 0.05) is 6.04 Å². The van der Waals surface area contributed by atoms with Crippen molar-refractivity contribution in [3.63, 3.8) is 0 Å². The Morgan fingerprint density at radius 3 is 2.86 bits per heavy atom. The van der Waals surface area contributed by atoms with Crippen LogP contribution >= 0.6 is 0 Å². The summed E-state index contributed by atoms with van der Waals surface area (Å²) in [5.74, 6) is -1.56. The minimum Gasteiger partial charge on any atom is -0.466 e. The fraction of sp³-hybridized carbons (Fsp3) is 0.562. The van der Waals surface area contributed by atoms with E-state index in [9.17, 15) is 13.6 Å². The van der Waals surface area contributed by atoms with E-state index in [-0.39, 0.29) is 23.6 Å². The molecule has 0 bridgehead atoms. The number of hydrogen-bond donors (Lipinski definition) is 1. The van der Waals surface area contributed by atoms with Crippen molar-refractivity contribution in [3.8, 4) is 0 Å². The van der Waals surface area contributed by atoms with Gasteiger partial charge in [0.25, 0.3) is 0 Å². The normalized spacial score (nSPS) is 21.9. The SMILES string of the molecule is CCOC(=O)C1CCCC(Nc2c(F)ccc(C)c2F)C1. The number of rotatable bonds is 4. The number of ether oxygens (including phenoxy) is 1. The van der Waals surface area contributed by atoms with Crippen LogP contribution in [0.5, 0.6) is 0 Å². The van der Waals surface area contributed by atoms with Gasteiger partial charge in [0.1, 0.15) is 11.5 Å². The molecule has 0 radical (unpaired) electrons. The summed E-state index contributed by atoms with van der Waals surface area (Å²) in [4.78, 5) is 11.8. The van der Waals surface area contributed by atoms with Gasteiger partial charge in [-0.05, 0) is 44.7 Å². The summed E-state index contributed by atoms with van der Waals surface area (Å²) in [6, 6.07) is 2.56. The molecule has 1 N–H and O–H groups in total. The third-order valence-corrected chi connectivity index (χ3v) is 3.93. The van der Waals surface area contributed by atoms with Crippen molar-refractivity contribution in [2.45, 2.75) is 45.6 Å². The second kappa shape index (κ2) is 6.87. The number of esters is 1. The van der Waals surface area contributed by atoms with Crippen LogP contribution in [0, 0.1) is 24.5 Å². The van der Waals surface area contributed by atoms with E-state index < -0.39 is 11.6 Å². The predicted octanol–water partition coefficient (Wildman–Crippen LogP) is 3.81. The minimum absolute atomic E-state index is 0.0930. The van der Waals surface area contributed by atoms with Gasteiger partial charge in [0.05, 0.1) is 12.5 Å². The van der Waals surface area contributed by atoms with Crippen LogP contribution in [0.1, 0.15) is 38.2 Å². The number of anilines is 1. The molecule has 1 fully saturated rings. The largest absolute Gasteiger partial charge is 0.466 e. The van der Waals surface area contributed by atoms with Crippen LogP contribution in [0.15, 0.2) is 12.1 Å². The quantitative estimate of drug-likeness (QED) is 0.859. The van der Waals surface area contributed by atoms with Gasteiger partial charge < -0.3 is 10.1 Å². The standard InChI is InChI=1S/C16H21F2NO2/c1-3-21-16(20)11-5-4-6-12(9-11)19-15-13(17)8-7-10(2)14(15)18/h7-8,11-12,19H,3-6,9H2,1-2H3. The van der Waals surface area contributed by atoms with Gasteiger partial charge >= 0.3 is 5.97 Å². The Hall–Kier alpha value is -1.65. The average molecular weight is 297 g/mol. The number of carbonyl (C=O) groups excluding carboxylic acids is 1. The van der Waals surface area contributed by atoms with Crippen molar-refractivity contribution < 1.29 is 18.3 Å². The third-order valence-electron chi connectivity index (χ3n) is 3.93. The number of benzene rings is 1. The molecule has 0 aromatic heterocycles. The van der Waals surface area contributed by atoms with E-state index >= 15 is 0 Å². The van der Waals surface area contributed by atoms with Crippen LogP contribution in [0.25, 0.3) is 0 Å². The van der Waals surface area contributed by atoms with E-state index in [1.807, 2.05) is 0 Å². The Bertz CT molecular complexity index is 519. The Balaban J connectivity index is 2.06. The van der Waals surface area contributed by atoms with E-state index in [1.165, 1.54) is 12.1 Å². The first-order valence-corrected chi connectivity index (χ1v) is 7.40. The highest BCUT2D eigenvalue weighted by Crippen LogP contribution is 2.30. The zero-order valence-electron chi connectivity index (χ0n) is 12.4. The fourth-order valence-corrected chi connectivity index (χ4v) is 2.79. The molecule has 2 rings (SSSR count). The number of nitrogens with one attached hydrogen (secondary N) is 1. The molecule has 1 aromatic rings. The molecule has 21 heavy (non-hydrogen) atoms. The minimum atomic E-state index is -0.601. The van der Waals surface area contributed by atoms with Gasteiger partial charge in [-0.15, -0.1) is 0 Å². The van der Waals surface area contributed by atoms with Gasteiger partial charge in [0.15, 0.2) is 5.82 Å². The maximum absolute atomic E-state index is 14.0. The van der Waals surface area contributed by atoms with Crippen molar-refractivity contribution in [1.82, 2.24) is 0 Å². The maximum Gasteiger partial charge on any atom is 0.308 e. The van der Waals surface area contributed by atoms with Gasteiger partial charge in [0.2, 0.25) is 0 Å². The Morgan fingerprint density at radius 1 is 1.38 bits per heavy atom. The van der Waals surface area contributed by atoms with Crippen molar-refractivity contribution in [2.75, 3.05) is 11.9 Å². The smallest absolute Gasteiger partial charge is 0.308 e. The van der Waals surface area contributed by atoms with E-state index in [1.54, 1.807) is 13.8 Å². The van der Waals surface area contributed by atoms with Gasteiger partial charge in [-0.3, -0.25) is 4.79 Å². The Kier molecular flexibility index (Phi) is 5.15. The van der Waals surface area contributed by atoms with Crippen LogP contribution in [0.4, 0.5) is 14.5 Å². The number of halogens is 2. The molecule has 0 spiro atoms. The number of aryl methyl sites for hydroxylation is 1. The highest BCUT2D eigenvalue weighted by Gasteiger charge is 2.29. The maximum atomic E-state index is 14.0. The van der Waals surface area contributed by atoms with Crippen molar-refractivity contribution in [1.29, 1.82) is 0 Å². The van der Waals surface area contributed by atoms with Gasteiger partial charge in [-0.1, -0.05) is 12.5 Å². The molecule has 5 heteroatoms. The van der Waals surface area contributed by atoms with Gasteiger partial charge in [-0.2, -0.15) is 0 Å². The highest BCUT2D eigenvalue weighted by molar-refractivity contribution is 5.72. The topological polar surface area (TPSA) is 38.3 Å². The molecule has 1 saturated carbocycles. The summed E-state index contributed by atoms with van der Waals surface area (Å²) in [6.07, 6.45) is 2.96. The summed E-state index contributed by atoms with van der Waals surface area (Å²) >= 11 is 0. The van der Waals surface area contributed by atoms with E-state index in [0.717, 1.165) is 19.3 Å². The van der Waals surface area contributed by atoms with Crippen LogP contribution in [0.2, 0.25) is 0 Å². The van der Waals surface area contributed by atoms with Crippen molar-refractivity contribution in [2.24, 2.45) is 5.92 Å². The highest BCUT2D eigenvalue weighted by atomic mass is 19.1. The molecule has 2 atom stereocenters. The predicted molar refractivity (Wildman–Crippen MR) is 77.1 cm³/mol. The molecule has 0 amide bonds. The zero-order chi connectivity index (χ0) is 15.4. The molecule has 0 aliphatic heterocycles. The lowest BCUT2D eigenvalue weighted by atomic mass is 9.85. The van der Waals surface area contributed by atoms with Crippen LogP contribution < -0.4 is 5.32 Å². The van der Waals surface area contributed by atoms with E-state index in [2.05, 4.69) is 5.32 Å². The number of hydrogen-bond acceptors (Lipinski definition) is 3. The van der Waals surface area contributed by atoms with Crippen LogP contribution in [-0.2, 0) is 9.53 Å². The lowest BCUT2D eigenvalue weighted by molar-refractivity contribution is -0.149. The molecular weight excluding hydrogens is 276 g/mol. The third kappa shape index (κ3) is 3.71. The fourth-order valence-electron chi connectivity index (χ4n) is 2.79. The van der Waals surface area contributed by atoms with E-state index in [4.69, 9.17) is 4.74 Å². The first kappa shape index (κ1) is 15.7. The van der Waals surface area contributed by atoms with Crippen molar-refractivity contribution >= 4 is 11.7 Å². The molecule has 1 aromatic carbocycles. The molecule has 1 aliphatic rings. The summed E-state index contributed by atoms with van der Waals surface area (Å²) in [5.41, 5.74) is 0.307. The Labute approximate surface area is 123 Å².